The molecule has 1 saturated carbocycles. The van der Waals surface area contributed by atoms with E-state index in [1.165, 1.54) is 122 Å². The molecule has 1 aliphatic rings. The third-order valence-electron chi connectivity index (χ3n) is 4.75. The molecular formula is C22H50O3. The number of hydrogen-bond acceptors (Lipinski definition) is 3. The number of aliphatic hydroxyl groups is 3. The summed E-state index contributed by atoms with van der Waals surface area (Å²) in [5, 5.41) is 21.0. The first kappa shape index (κ1) is 29.6. The van der Waals surface area contributed by atoms with Crippen LogP contribution in [0.4, 0.5) is 0 Å². The highest BCUT2D eigenvalue weighted by molar-refractivity contribution is 4.52. The van der Waals surface area contributed by atoms with Gasteiger partial charge in [-0.25, -0.2) is 0 Å². The lowest BCUT2D eigenvalue weighted by Gasteiger charge is -2.03. The van der Waals surface area contributed by atoms with E-state index in [0.29, 0.717) is 0 Å². The summed E-state index contributed by atoms with van der Waals surface area (Å²) < 4.78 is 0. The molecule has 25 heavy (non-hydrogen) atoms. The van der Waals surface area contributed by atoms with Gasteiger partial charge in [0.1, 0.15) is 0 Å². The van der Waals surface area contributed by atoms with Gasteiger partial charge >= 0.3 is 0 Å². The van der Waals surface area contributed by atoms with Gasteiger partial charge in [0.05, 0.1) is 0 Å². The van der Waals surface area contributed by atoms with E-state index in [9.17, 15) is 0 Å². The van der Waals surface area contributed by atoms with E-state index in [0.717, 1.165) is 21.3 Å². The van der Waals surface area contributed by atoms with Crippen LogP contribution in [0.1, 0.15) is 122 Å². The molecule has 0 unspecified atom stereocenters. The van der Waals surface area contributed by atoms with Gasteiger partial charge in [-0.05, 0) is 0 Å². The van der Waals surface area contributed by atoms with E-state index in [1.54, 1.807) is 0 Å². The molecule has 1 rings (SSSR count). The maximum Gasteiger partial charge on any atom is 0.0319 e. The second-order valence-corrected chi connectivity index (χ2v) is 6.72. The second-order valence-electron chi connectivity index (χ2n) is 6.72. The Labute approximate surface area is 159 Å². The lowest BCUT2D eigenvalue weighted by atomic mass is 10.0. The normalized spacial score (nSPS) is 19.0. The molecule has 0 aromatic rings. The van der Waals surface area contributed by atoms with Crippen LogP contribution < -0.4 is 0 Å². The quantitative estimate of drug-likeness (QED) is 0.478. The van der Waals surface area contributed by atoms with Crippen LogP contribution in [0.3, 0.4) is 0 Å². The van der Waals surface area contributed by atoms with Gasteiger partial charge < -0.3 is 15.3 Å². The summed E-state index contributed by atoms with van der Waals surface area (Å²) >= 11 is 0. The van der Waals surface area contributed by atoms with Crippen LogP contribution >= 0.6 is 0 Å². The Bertz CT molecular complexity index is 93.9. The van der Waals surface area contributed by atoms with Crippen LogP contribution in [0.15, 0.2) is 0 Å². The van der Waals surface area contributed by atoms with Gasteiger partial charge in [-0.3, -0.25) is 0 Å². The molecule has 0 aliphatic heterocycles. The lowest BCUT2D eigenvalue weighted by molar-refractivity contribution is 0.399. The van der Waals surface area contributed by atoms with Gasteiger partial charge in [0, 0.05) is 21.3 Å². The zero-order chi connectivity index (χ0) is 19.4. The average Bonchev–Trinajstić information content (AvgIpc) is 2.69. The van der Waals surface area contributed by atoms with E-state index < -0.39 is 0 Å². The van der Waals surface area contributed by atoms with E-state index in [-0.39, 0.29) is 0 Å². The van der Waals surface area contributed by atoms with Crippen molar-refractivity contribution in [2.24, 2.45) is 0 Å². The van der Waals surface area contributed by atoms with Crippen molar-refractivity contribution in [3.63, 3.8) is 0 Å². The highest BCUT2D eigenvalue weighted by Gasteiger charge is 1.96. The van der Waals surface area contributed by atoms with Crippen LogP contribution in [0.2, 0.25) is 0 Å². The molecule has 3 nitrogen and oxygen atoms in total. The van der Waals surface area contributed by atoms with Gasteiger partial charge in [0.15, 0.2) is 0 Å². The highest BCUT2D eigenvalue weighted by Crippen LogP contribution is 2.16. The largest absolute Gasteiger partial charge is 0.400 e. The molecule has 1 aliphatic carbocycles. The monoisotopic (exact) mass is 362 g/mol. The Hall–Kier alpha value is -0.120. The summed E-state index contributed by atoms with van der Waals surface area (Å²) in [4.78, 5) is 0. The highest BCUT2D eigenvalue weighted by atomic mass is 16.2. The molecule has 3 N–H and O–H groups in total. The molecule has 0 radical (unpaired) electrons. The first-order valence-corrected chi connectivity index (χ1v) is 10.8. The van der Waals surface area contributed by atoms with Crippen LogP contribution in [0.25, 0.3) is 0 Å². The molecule has 1 fully saturated rings. The minimum atomic E-state index is 1.00. The predicted molar refractivity (Wildman–Crippen MR) is 112 cm³/mol. The first-order chi connectivity index (χ1) is 12.5. The average molecular weight is 363 g/mol. The zero-order valence-corrected chi connectivity index (χ0v) is 17.8. The standard InChI is InChI=1S/C19H38.3CH4O/c1-2-4-6-8-10-12-14-16-18-19-17-15-13-11-9-7-5-3-1;3*1-2/h1-19H2;3*2H,1H3. The molecule has 0 aromatic carbocycles. The van der Waals surface area contributed by atoms with E-state index >= 15 is 0 Å². The van der Waals surface area contributed by atoms with Crippen molar-refractivity contribution >= 4 is 0 Å². The summed E-state index contributed by atoms with van der Waals surface area (Å²) in [5.74, 6) is 0. The van der Waals surface area contributed by atoms with Gasteiger partial charge in [-0.1, -0.05) is 122 Å². The Morgan fingerprint density at radius 1 is 0.200 bits per heavy atom. The summed E-state index contributed by atoms with van der Waals surface area (Å²) in [5.41, 5.74) is 0. The number of hydrogen-bond donors (Lipinski definition) is 3. The summed E-state index contributed by atoms with van der Waals surface area (Å²) in [7, 11) is 3.00. The van der Waals surface area contributed by atoms with Crippen LogP contribution in [0.5, 0.6) is 0 Å². The molecule has 0 atom stereocenters. The fraction of sp³-hybridized carbons (Fsp3) is 1.00. The summed E-state index contributed by atoms with van der Waals surface area (Å²) in [6.07, 6.45) is 28.5. The van der Waals surface area contributed by atoms with Crippen LogP contribution in [-0.2, 0) is 0 Å². The minimum absolute atomic E-state index is 1.00. The van der Waals surface area contributed by atoms with Crippen LogP contribution in [-0.4, -0.2) is 36.6 Å². The molecule has 0 spiro atoms. The van der Waals surface area contributed by atoms with Crippen molar-refractivity contribution in [2.45, 2.75) is 122 Å². The molecule has 0 aromatic heterocycles. The molecule has 0 saturated heterocycles. The van der Waals surface area contributed by atoms with E-state index in [2.05, 4.69) is 0 Å². The third kappa shape index (κ3) is 32.1. The summed E-state index contributed by atoms with van der Waals surface area (Å²) in [6.45, 7) is 0. The molecule has 0 bridgehead atoms. The van der Waals surface area contributed by atoms with Crippen molar-refractivity contribution in [1.82, 2.24) is 0 Å². The van der Waals surface area contributed by atoms with Gasteiger partial charge in [-0.2, -0.15) is 0 Å². The lowest BCUT2D eigenvalue weighted by Crippen LogP contribution is -1.83. The van der Waals surface area contributed by atoms with Crippen molar-refractivity contribution < 1.29 is 15.3 Å². The number of rotatable bonds is 0. The minimum Gasteiger partial charge on any atom is -0.400 e. The van der Waals surface area contributed by atoms with Crippen molar-refractivity contribution in [1.29, 1.82) is 0 Å². The Morgan fingerprint density at radius 2 is 0.240 bits per heavy atom. The molecule has 0 amide bonds. The predicted octanol–water partition coefficient (Wildman–Crippen LogP) is 6.24. The van der Waals surface area contributed by atoms with Crippen LogP contribution in [0, 0.1) is 0 Å². The Kier molecular flexibility index (Phi) is 41.6. The van der Waals surface area contributed by atoms with Crippen molar-refractivity contribution in [3.8, 4) is 0 Å². The fourth-order valence-electron chi connectivity index (χ4n) is 3.36. The SMILES string of the molecule is C1CCCCCCCCCCCCCCCCCC1.CO.CO.CO. The first-order valence-electron chi connectivity index (χ1n) is 10.8. The van der Waals surface area contributed by atoms with Gasteiger partial charge in [0.2, 0.25) is 0 Å². The smallest absolute Gasteiger partial charge is 0.0319 e. The van der Waals surface area contributed by atoms with Crippen molar-refractivity contribution in [2.75, 3.05) is 21.3 Å². The molecule has 0 heterocycles. The maximum absolute atomic E-state index is 7.00. The maximum atomic E-state index is 7.00. The second kappa shape index (κ2) is 35.1. The zero-order valence-electron chi connectivity index (χ0n) is 17.8. The molecule has 3 heteroatoms. The van der Waals surface area contributed by atoms with E-state index in [1.807, 2.05) is 0 Å². The summed E-state index contributed by atoms with van der Waals surface area (Å²) in [6, 6.07) is 0. The Morgan fingerprint density at radius 3 is 0.280 bits per heavy atom. The number of aliphatic hydroxyl groups excluding tert-OH is 3. The van der Waals surface area contributed by atoms with Gasteiger partial charge in [0.25, 0.3) is 0 Å². The fourth-order valence-corrected chi connectivity index (χ4v) is 3.36. The topological polar surface area (TPSA) is 60.7 Å². The van der Waals surface area contributed by atoms with E-state index in [4.69, 9.17) is 15.3 Å². The molecular weight excluding hydrogens is 312 g/mol. The Balaban J connectivity index is -0.000000725. The third-order valence-corrected chi connectivity index (χ3v) is 4.75. The van der Waals surface area contributed by atoms with Gasteiger partial charge in [-0.15, -0.1) is 0 Å². The molecule has 156 valence electrons. The van der Waals surface area contributed by atoms with Crippen molar-refractivity contribution in [3.05, 3.63) is 0 Å².